The molecule has 7 N–H and O–H groups in total. The Morgan fingerprint density at radius 2 is 1.09 bits per heavy atom. The van der Waals surface area contributed by atoms with E-state index in [1.165, 1.54) is 44.9 Å². The highest BCUT2D eigenvalue weighted by atomic mass is 31.2. The van der Waals surface area contributed by atoms with Gasteiger partial charge in [-0.05, 0) is 53.8 Å². The van der Waals surface area contributed by atoms with Crippen molar-refractivity contribution < 1.29 is 76.9 Å². The number of carbonyl (C=O) groups excluding carboxylic acids is 2. The fraction of sp³-hybridized carbons (Fsp3) is 0.667. The molecule has 16 nitrogen and oxygen atoms in total. The third-order valence-corrected chi connectivity index (χ3v) is 9.28. The molecule has 18 heteroatoms. The van der Waals surface area contributed by atoms with Crippen molar-refractivity contribution in [2.75, 3.05) is 13.2 Å². The predicted molar refractivity (Wildman–Crippen MR) is 193 cm³/mol. The number of phosphoric ester groups is 2. The monoisotopic (exact) mass is 800 g/mol. The van der Waals surface area contributed by atoms with Gasteiger partial charge in [0.1, 0.15) is 43.2 Å². The number of hydrogen-bond donors (Lipinski definition) is 7. The number of hydrogen-bond acceptors (Lipinski definition) is 13. The van der Waals surface area contributed by atoms with Crippen LogP contribution in [0.3, 0.4) is 0 Å². The summed E-state index contributed by atoms with van der Waals surface area (Å²) < 4.78 is 48.1. The average Bonchev–Trinajstić information content (AvgIpc) is 3.11. The third kappa shape index (κ3) is 22.2. The summed E-state index contributed by atoms with van der Waals surface area (Å²) in [5.74, 6) is 18.2. The molecule has 0 aliphatic heterocycles. The Kier molecular flexibility index (Phi) is 24.8. The topological polar surface area (TPSA) is 256 Å². The zero-order chi connectivity index (χ0) is 40.4. The fourth-order valence-corrected chi connectivity index (χ4v) is 6.62. The van der Waals surface area contributed by atoms with Crippen LogP contribution >= 0.6 is 15.6 Å². The first-order chi connectivity index (χ1) is 25.6. The van der Waals surface area contributed by atoms with Crippen molar-refractivity contribution in [3.05, 3.63) is 0 Å². The molecule has 0 spiro atoms. The van der Waals surface area contributed by atoms with Crippen LogP contribution in [0, 0.1) is 59.7 Å². The van der Waals surface area contributed by atoms with Crippen LogP contribution in [-0.4, -0.2) is 103 Å². The van der Waals surface area contributed by atoms with Crippen molar-refractivity contribution in [1.29, 1.82) is 0 Å². The van der Waals surface area contributed by atoms with Gasteiger partial charge in [-0.2, -0.15) is 0 Å². The van der Waals surface area contributed by atoms with Gasteiger partial charge in [0.05, 0.1) is 6.61 Å². The zero-order valence-corrected chi connectivity index (χ0v) is 31.9. The molecule has 300 valence electrons. The summed E-state index contributed by atoms with van der Waals surface area (Å²) >= 11 is 0. The number of carbonyl (C=O) groups is 2. The summed E-state index contributed by atoms with van der Waals surface area (Å²) in [5.41, 5.74) is 0. The molecule has 0 aromatic rings. The van der Waals surface area contributed by atoms with Gasteiger partial charge in [0, 0.05) is 12.3 Å². The molecule has 0 saturated heterocycles. The number of ether oxygens (including phenoxy) is 2. The van der Waals surface area contributed by atoms with Gasteiger partial charge < -0.3 is 44.6 Å². The molecule has 0 radical (unpaired) electrons. The van der Waals surface area contributed by atoms with E-state index in [0.29, 0.717) is 6.42 Å². The maximum Gasteiger partial charge on any atom is 0.472 e. The molecule has 5 unspecified atom stereocenters. The fourth-order valence-electron chi connectivity index (χ4n) is 5.08. The van der Waals surface area contributed by atoms with Crippen LogP contribution in [0.1, 0.15) is 96.8 Å². The van der Waals surface area contributed by atoms with Crippen molar-refractivity contribution in [2.45, 2.75) is 140 Å². The second-order valence-corrected chi connectivity index (χ2v) is 14.8. The van der Waals surface area contributed by atoms with E-state index in [2.05, 4.69) is 58.8 Å². The summed E-state index contributed by atoms with van der Waals surface area (Å²) in [6.07, 6.45) is 3.99. The lowest BCUT2D eigenvalue weighted by Gasteiger charge is -2.43. The lowest BCUT2D eigenvalue weighted by molar-refractivity contribution is -0.216. The van der Waals surface area contributed by atoms with E-state index in [-0.39, 0.29) is 6.42 Å². The van der Waals surface area contributed by atoms with Gasteiger partial charge >= 0.3 is 27.6 Å². The van der Waals surface area contributed by atoms with Crippen molar-refractivity contribution in [2.24, 2.45) is 0 Å². The second kappa shape index (κ2) is 27.4. The predicted octanol–water partition coefficient (Wildman–Crippen LogP) is 2.01. The standard InChI is InChI=1S/C36H50O16P2/c1-3-5-7-9-11-13-14-15-16-17-19-21-23-25-30(38)50-28(26-48-29(37)24-22-20-18-12-10-8-6-4-2)27-49-54(46,47)52-36-33(41)31(39)35(32(40)34(36)42)51-53(43,44)45/h2,28,31-36,39-42H,3,5,7,9,11,13-17,19,21,23,25-27H2,1H3,(H,46,47)(H2,43,44,45)/t28-,31+,32?,33?,34+,35?,36?/m1/s1. The lowest BCUT2D eigenvalue weighted by Crippen LogP contribution is -2.64. The molecule has 8 atom stereocenters. The van der Waals surface area contributed by atoms with E-state index in [1.807, 2.05) is 5.92 Å². The van der Waals surface area contributed by atoms with E-state index in [4.69, 9.17) is 34.7 Å². The van der Waals surface area contributed by atoms with Gasteiger partial charge in [0.15, 0.2) is 6.10 Å². The van der Waals surface area contributed by atoms with Crippen LogP contribution in [0.2, 0.25) is 0 Å². The van der Waals surface area contributed by atoms with Gasteiger partial charge in [-0.25, -0.2) is 13.9 Å². The van der Waals surface area contributed by atoms with E-state index in [0.717, 1.165) is 32.1 Å². The van der Waals surface area contributed by atoms with E-state index < -0.39 is 83.5 Å². The largest absolute Gasteiger partial charge is 0.472 e. The molecule has 1 aliphatic rings. The van der Waals surface area contributed by atoms with E-state index in [1.54, 1.807) is 0 Å². The van der Waals surface area contributed by atoms with Crippen molar-refractivity contribution in [3.8, 4) is 59.7 Å². The molecule has 1 fully saturated rings. The molecule has 0 heterocycles. The van der Waals surface area contributed by atoms with Gasteiger partial charge in [-0.3, -0.25) is 18.4 Å². The quantitative estimate of drug-likeness (QED) is 0.0242. The molecule has 1 rings (SSSR count). The average molecular weight is 801 g/mol. The van der Waals surface area contributed by atoms with Crippen molar-refractivity contribution >= 4 is 27.6 Å². The Labute approximate surface area is 316 Å². The molecule has 0 aromatic carbocycles. The number of unbranched alkanes of at least 4 members (excludes halogenated alkanes) is 12. The number of aliphatic hydroxyl groups excluding tert-OH is 4. The molecule has 1 aliphatic carbocycles. The molecular weight excluding hydrogens is 750 g/mol. The Morgan fingerprint density at radius 1 is 0.648 bits per heavy atom. The SMILES string of the molecule is C#CC#CC#CC#CC#CC(=O)OC[C@H](COP(=O)(O)OC1C(O)[C@H](O)C(OP(=O)(O)O)C(O)[C@@H]1O)OC(=O)CCCCCCCCCCCCCCC. The summed E-state index contributed by atoms with van der Waals surface area (Å²) in [4.78, 5) is 53.0. The van der Waals surface area contributed by atoms with Gasteiger partial charge in [0.2, 0.25) is 0 Å². The number of esters is 2. The minimum Gasteiger partial charge on any atom is -0.456 e. The van der Waals surface area contributed by atoms with Crippen LogP contribution in [0.15, 0.2) is 0 Å². The minimum atomic E-state index is -5.33. The first-order valence-electron chi connectivity index (χ1n) is 17.6. The lowest BCUT2D eigenvalue weighted by atomic mass is 9.85. The normalized spacial score (nSPS) is 22.1. The second-order valence-electron chi connectivity index (χ2n) is 12.2. The highest BCUT2D eigenvalue weighted by Crippen LogP contribution is 2.48. The van der Waals surface area contributed by atoms with E-state index in [9.17, 15) is 44.0 Å². The zero-order valence-electron chi connectivity index (χ0n) is 30.1. The van der Waals surface area contributed by atoms with Crippen LogP contribution in [0.4, 0.5) is 0 Å². The van der Waals surface area contributed by atoms with Crippen molar-refractivity contribution in [3.63, 3.8) is 0 Å². The Hall–Kier alpha value is -3.20. The summed E-state index contributed by atoms with van der Waals surface area (Å²) in [6, 6.07) is 0. The Balaban J connectivity index is 2.77. The molecule has 1 saturated carbocycles. The van der Waals surface area contributed by atoms with Gasteiger partial charge in [0.25, 0.3) is 0 Å². The Bertz CT molecular complexity index is 1540. The maximum absolute atomic E-state index is 12.8. The summed E-state index contributed by atoms with van der Waals surface area (Å²) in [7, 11) is -10.7. The third-order valence-electron chi connectivity index (χ3n) is 7.78. The Morgan fingerprint density at radius 3 is 1.57 bits per heavy atom. The molecular formula is C36H50O16P2. The van der Waals surface area contributed by atoms with Gasteiger partial charge in [-0.1, -0.05) is 84.0 Å². The summed E-state index contributed by atoms with van der Waals surface area (Å²) in [6.45, 7) is 0.557. The van der Waals surface area contributed by atoms with Crippen LogP contribution in [-0.2, 0) is 41.8 Å². The first kappa shape index (κ1) is 48.8. The number of terminal acetylenes is 1. The van der Waals surface area contributed by atoms with Crippen molar-refractivity contribution in [1.82, 2.24) is 0 Å². The number of rotatable bonds is 24. The molecule has 0 amide bonds. The van der Waals surface area contributed by atoms with Crippen LogP contribution in [0.25, 0.3) is 0 Å². The highest BCUT2D eigenvalue weighted by molar-refractivity contribution is 7.47. The first-order valence-corrected chi connectivity index (χ1v) is 20.6. The maximum atomic E-state index is 12.8. The number of phosphoric acid groups is 2. The number of aliphatic hydroxyl groups is 4. The molecule has 0 aromatic heterocycles. The minimum absolute atomic E-state index is 0.0221. The van der Waals surface area contributed by atoms with E-state index >= 15 is 0 Å². The summed E-state index contributed by atoms with van der Waals surface area (Å²) in [5, 5.41) is 41.1. The van der Waals surface area contributed by atoms with Gasteiger partial charge in [-0.15, -0.1) is 6.42 Å². The van der Waals surface area contributed by atoms with Crippen LogP contribution in [0.5, 0.6) is 0 Å². The molecule has 54 heavy (non-hydrogen) atoms. The van der Waals surface area contributed by atoms with Crippen LogP contribution < -0.4 is 0 Å². The molecule has 0 bridgehead atoms. The smallest absolute Gasteiger partial charge is 0.456 e. The highest BCUT2D eigenvalue weighted by Gasteiger charge is 2.54.